The predicted octanol–water partition coefficient (Wildman–Crippen LogP) is 0.619. The Kier molecular flexibility index (Phi) is 3.74. The molecular weight excluding hydrogens is 224 g/mol. The Bertz CT molecular complexity index is 290. The monoisotopic (exact) mass is 242 g/mol. The minimum absolute atomic E-state index is 0.0120. The zero-order valence-electron chi connectivity index (χ0n) is 9.57. The quantitative estimate of drug-likeness (QED) is 0.772. The third-order valence-electron chi connectivity index (χ3n) is 3.22. The van der Waals surface area contributed by atoms with Crippen molar-refractivity contribution in [1.29, 1.82) is 0 Å². The molecule has 0 saturated carbocycles. The Morgan fingerprint density at radius 1 is 1.50 bits per heavy atom. The molecule has 0 aromatic carbocycles. The van der Waals surface area contributed by atoms with E-state index in [9.17, 15) is 9.59 Å². The molecule has 4 nitrogen and oxygen atoms in total. The molecule has 2 aliphatic heterocycles. The van der Waals surface area contributed by atoms with E-state index in [1.807, 2.05) is 18.7 Å². The number of amides is 2. The second-order valence-corrected chi connectivity index (χ2v) is 5.52. The van der Waals surface area contributed by atoms with Gasteiger partial charge in [-0.25, -0.2) is 0 Å². The molecule has 16 heavy (non-hydrogen) atoms. The molecule has 0 aromatic heterocycles. The van der Waals surface area contributed by atoms with Crippen molar-refractivity contribution in [3.05, 3.63) is 0 Å². The van der Waals surface area contributed by atoms with Gasteiger partial charge in [-0.1, -0.05) is 6.92 Å². The van der Waals surface area contributed by atoms with Crippen molar-refractivity contribution >= 4 is 23.6 Å². The lowest BCUT2D eigenvalue weighted by molar-refractivity contribution is -0.146. The van der Waals surface area contributed by atoms with E-state index in [0.717, 1.165) is 18.6 Å². The van der Waals surface area contributed by atoms with E-state index in [0.29, 0.717) is 6.42 Å². The van der Waals surface area contributed by atoms with E-state index in [-0.39, 0.29) is 30.4 Å². The summed E-state index contributed by atoms with van der Waals surface area (Å²) < 4.78 is 0. The van der Waals surface area contributed by atoms with Crippen molar-refractivity contribution in [1.82, 2.24) is 10.2 Å². The number of hydrogen-bond donors (Lipinski definition) is 1. The minimum Gasteiger partial charge on any atom is -0.343 e. The fourth-order valence-electron chi connectivity index (χ4n) is 2.29. The van der Waals surface area contributed by atoms with E-state index in [2.05, 4.69) is 5.32 Å². The highest BCUT2D eigenvalue weighted by Crippen LogP contribution is 2.23. The molecule has 2 amide bonds. The fourth-order valence-corrected chi connectivity index (χ4v) is 3.45. The standard InChI is InChI=1S/C11H18N2O2S/c1-2-9-11(15)13(6-10(14)12-9)8-4-3-5-16-7-8/h8-9H,2-7H2,1H3,(H,12,14). The van der Waals surface area contributed by atoms with Gasteiger partial charge in [0.1, 0.15) is 6.04 Å². The lowest BCUT2D eigenvalue weighted by Gasteiger charge is -2.39. The molecule has 1 N–H and O–H groups in total. The number of rotatable bonds is 2. The summed E-state index contributed by atoms with van der Waals surface area (Å²) in [6.45, 7) is 2.18. The summed E-state index contributed by atoms with van der Waals surface area (Å²) in [4.78, 5) is 25.4. The first-order chi connectivity index (χ1) is 7.72. The summed E-state index contributed by atoms with van der Waals surface area (Å²) >= 11 is 1.88. The molecule has 2 unspecified atom stereocenters. The van der Waals surface area contributed by atoms with E-state index in [1.165, 1.54) is 5.75 Å². The first-order valence-electron chi connectivity index (χ1n) is 5.90. The average molecular weight is 242 g/mol. The highest BCUT2D eigenvalue weighted by atomic mass is 32.2. The summed E-state index contributed by atoms with van der Waals surface area (Å²) in [5.41, 5.74) is 0. The number of hydrogen-bond acceptors (Lipinski definition) is 3. The van der Waals surface area contributed by atoms with Crippen LogP contribution in [0.3, 0.4) is 0 Å². The Morgan fingerprint density at radius 2 is 2.31 bits per heavy atom. The molecule has 2 atom stereocenters. The third kappa shape index (κ3) is 2.34. The SMILES string of the molecule is CCC1NC(=O)CN(C2CCCSC2)C1=O. The second kappa shape index (κ2) is 5.08. The van der Waals surface area contributed by atoms with Gasteiger partial charge in [0, 0.05) is 11.8 Å². The summed E-state index contributed by atoms with van der Waals surface area (Å²) in [7, 11) is 0. The van der Waals surface area contributed by atoms with Crippen molar-refractivity contribution in [2.24, 2.45) is 0 Å². The summed E-state index contributed by atoms with van der Waals surface area (Å²) in [5.74, 6) is 2.26. The van der Waals surface area contributed by atoms with Crippen LogP contribution in [0.25, 0.3) is 0 Å². The maximum absolute atomic E-state index is 12.1. The molecular formula is C11H18N2O2S. The fraction of sp³-hybridized carbons (Fsp3) is 0.818. The molecule has 2 saturated heterocycles. The molecule has 0 aromatic rings. The van der Waals surface area contributed by atoms with E-state index in [1.54, 1.807) is 4.90 Å². The van der Waals surface area contributed by atoms with Gasteiger partial charge in [-0.05, 0) is 25.0 Å². The zero-order chi connectivity index (χ0) is 11.5. The maximum Gasteiger partial charge on any atom is 0.245 e. The zero-order valence-corrected chi connectivity index (χ0v) is 10.4. The normalized spacial score (nSPS) is 31.4. The van der Waals surface area contributed by atoms with Crippen LogP contribution in [0.2, 0.25) is 0 Å². The number of piperazine rings is 1. The Morgan fingerprint density at radius 3 is 2.94 bits per heavy atom. The third-order valence-corrected chi connectivity index (χ3v) is 4.41. The molecule has 0 bridgehead atoms. The first-order valence-corrected chi connectivity index (χ1v) is 7.05. The van der Waals surface area contributed by atoms with Crippen LogP contribution in [0.1, 0.15) is 26.2 Å². The molecule has 0 spiro atoms. The topological polar surface area (TPSA) is 49.4 Å². The average Bonchev–Trinajstić information content (AvgIpc) is 2.33. The van der Waals surface area contributed by atoms with Crippen LogP contribution in [0.5, 0.6) is 0 Å². The van der Waals surface area contributed by atoms with Crippen LogP contribution >= 0.6 is 11.8 Å². The van der Waals surface area contributed by atoms with Gasteiger partial charge in [0.25, 0.3) is 0 Å². The van der Waals surface area contributed by atoms with Crippen LogP contribution in [0.15, 0.2) is 0 Å². The molecule has 0 radical (unpaired) electrons. The summed E-state index contributed by atoms with van der Waals surface area (Å²) in [5, 5.41) is 2.75. The molecule has 5 heteroatoms. The minimum atomic E-state index is -0.298. The largest absolute Gasteiger partial charge is 0.343 e. The van der Waals surface area contributed by atoms with Crippen molar-refractivity contribution in [3.63, 3.8) is 0 Å². The Labute approximate surface area is 100 Å². The molecule has 0 aliphatic carbocycles. The smallest absolute Gasteiger partial charge is 0.245 e. The number of thioether (sulfide) groups is 1. The predicted molar refractivity (Wildman–Crippen MR) is 64.3 cm³/mol. The number of nitrogens with one attached hydrogen (secondary N) is 1. The van der Waals surface area contributed by atoms with Gasteiger partial charge in [0.2, 0.25) is 11.8 Å². The maximum atomic E-state index is 12.1. The second-order valence-electron chi connectivity index (χ2n) is 4.37. The van der Waals surface area contributed by atoms with Crippen molar-refractivity contribution in [3.8, 4) is 0 Å². The van der Waals surface area contributed by atoms with Gasteiger partial charge >= 0.3 is 0 Å². The molecule has 2 aliphatic rings. The molecule has 90 valence electrons. The van der Waals surface area contributed by atoms with Gasteiger partial charge in [-0.2, -0.15) is 11.8 Å². The Hall–Kier alpha value is -0.710. The van der Waals surface area contributed by atoms with Crippen LogP contribution in [-0.4, -0.2) is 46.8 Å². The number of nitrogens with zero attached hydrogens (tertiary/aromatic N) is 1. The van der Waals surface area contributed by atoms with Gasteiger partial charge in [-0.3, -0.25) is 9.59 Å². The highest BCUT2D eigenvalue weighted by Gasteiger charge is 2.35. The van der Waals surface area contributed by atoms with Crippen LogP contribution in [0, 0.1) is 0 Å². The van der Waals surface area contributed by atoms with Gasteiger partial charge in [0.05, 0.1) is 6.54 Å². The van der Waals surface area contributed by atoms with E-state index < -0.39 is 0 Å². The lowest BCUT2D eigenvalue weighted by atomic mass is 10.1. The van der Waals surface area contributed by atoms with Crippen molar-refractivity contribution in [2.45, 2.75) is 38.3 Å². The lowest BCUT2D eigenvalue weighted by Crippen LogP contribution is -2.61. The first kappa shape index (κ1) is 11.8. The van der Waals surface area contributed by atoms with Gasteiger partial charge in [0.15, 0.2) is 0 Å². The summed E-state index contributed by atoms with van der Waals surface area (Å²) in [6, 6.07) is -0.0282. The van der Waals surface area contributed by atoms with Crippen LogP contribution < -0.4 is 5.32 Å². The van der Waals surface area contributed by atoms with Gasteiger partial charge < -0.3 is 10.2 Å². The van der Waals surface area contributed by atoms with E-state index in [4.69, 9.17) is 0 Å². The molecule has 2 heterocycles. The Balaban J connectivity index is 2.06. The van der Waals surface area contributed by atoms with Crippen LogP contribution in [-0.2, 0) is 9.59 Å². The number of carbonyl (C=O) groups is 2. The van der Waals surface area contributed by atoms with Crippen molar-refractivity contribution < 1.29 is 9.59 Å². The highest BCUT2D eigenvalue weighted by molar-refractivity contribution is 7.99. The van der Waals surface area contributed by atoms with Gasteiger partial charge in [-0.15, -0.1) is 0 Å². The summed E-state index contributed by atoms with van der Waals surface area (Å²) in [6.07, 6.45) is 2.88. The number of carbonyl (C=O) groups excluding carboxylic acids is 2. The van der Waals surface area contributed by atoms with E-state index >= 15 is 0 Å². The van der Waals surface area contributed by atoms with Crippen molar-refractivity contribution in [2.75, 3.05) is 18.1 Å². The van der Waals surface area contributed by atoms with Crippen LogP contribution in [0.4, 0.5) is 0 Å². The molecule has 2 rings (SSSR count). The molecule has 2 fully saturated rings.